The van der Waals surface area contributed by atoms with Crippen LogP contribution in [0.5, 0.6) is 0 Å². The van der Waals surface area contributed by atoms with Gasteiger partial charge in [0.15, 0.2) is 0 Å². The fraction of sp³-hybridized carbons (Fsp3) is 0.750. The monoisotopic (exact) mass is 142 g/mol. The molecule has 0 unspecified atom stereocenters. The van der Waals surface area contributed by atoms with Gasteiger partial charge in [-0.2, -0.15) is 0 Å². The van der Waals surface area contributed by atoms with Gasteiger partial charge in [-0.05, 0) is 25.2 Å². The second kappa shape index (κ2) is 3.17. The number of aliphatic hydroxyl groups is 2. The highest BCUT2D eigenvalue weighted by molar-refractivity contribution is 5.03. The molecule has 0 saturated heterocycles. The molecule has 0 aromatic carbocycles. The summed E-state index contributed by atoms with van der Waals surface area (Å²) in [4.78, 5) is 0. The van der Waals surface area contributed by atoms with E-state index in [4.69, 9.17) is 5.11 Å². The fourth-order valence-electron chi connectivity index (χ4n) is 1.44. The fourth-order valence-corrected chi connectivity index (χ4v) is 1.44. The van der Waals surface area contributed by atoms with Gasteiger partial charge in [-0.1, -0.05) is 12.2 Å². The molecule has 0 bridgehead atoms. The first kappa shape index (κ1) is 7.76. The van der Waals surface area contributed by atoms with Crippen molar-refractivity contribution in [2.45, 2.75) is 25.4 Å². The summed E-state index contributed by atoms with van der Waals surface area (Å²) in [6.45, 7) is 3.72. The number of aliphatic hydroxyl groups excluding tert-OH is 2. The quantitative estimate of drug-likeness (QED) is 0.557. The van der Waals surface area contributed by atoms with Crippen molar-refractivity contribution < 1.29 is 10.2 Å². The molecule has 0 amide bonds. The van der Waals surface area contributed by atoms with Crippen LogP contribution in [0.2, 0.25) is 0 Å². The van der Waals surface area contributed by atoms with Crippen molar-refractivity contribution in [3.8, 4) is 0 Å². The first-order valence-corrected chi connectivity index (χ1v) is 3.69. The van der Waals surface area contributed by atoms with Crippen LogP contribution < -0.4 is 0 Å². The van der Waals surface area contributed by atoms with Crippen molar-refractivity contribution >= 4 is 0 Å². The average molecular weight is 142 g/mol. The third kappa shape index (κ3) is 1.58. The lowest BCUT2D eigenvalue weighted by atomic mass is 10.0. The molecule has 0 heterocycles. The lowest BCUT2D eigenvalue weighted by molar-refractivity contribution is 0.0504. The summed E-state index contributed by atoms with van der Waals surface area (Å²) >= 11 is 0. The zero-order valence-electron chi connectivity index (χ0n) is 6.08. The molecule has 2 atom stereocenters. The zero-order valence-corrected chi connectivity index (χ0v) is 6.08. The summed E-state index contributed by atoms with van der Waals surface area (Å²) in [5.74, 6) is 0.262. The molecule has 0 spiro atoms. The van der Waals surface area contributed by atoms with Crippen LogP contribution in [-0.4, -0.2) is 22.9 Å². The van der Waals surface area contributed by atoms with Crippen molar-refractivity contribution in [3.05, 3.63) is 12.2 Å². The maximum Gasteiger partial charge on any atom is 0.0802 e. The molecule has 10 heavy (non-hydrogen) atoms. The summed E-state index contributed by atoms with van der Waals surface area (Å²) in [6, 6.07) is 0. The highest BCUT2D eigenvalue weighted by Gasteiger charge is 2.24. The Labute approximate surface area is 61.2 Å². The second-order valence-electron chi connectivity index (χ2n) is 3.00. The minimum absolute atomic E-state index is 0.113. The third-order valence-corrected chi connectivity index (χ3v) is 2.15. The molecule has 2 nitrogen and oxygen atoms in total. The molecule has 1 aliphatic carbocycles. The topological polar surface area (TPSA) is 40.5 Å². The molecule has 0 radical (unpaired) electrons. The van der Waals surface area contributed by atoms with Gasteiger partial charge in [0.05, 0.1) is 12.7 Å². The Morgan fingerprint density at radius 2 is 2.40 bits per heavy atom. The molecule has 1 saturated carbocycles. The molecule has 2 heteroatoms. The van der Waals surface area contributed by atoms with Gasteiger partial charge in [-0.3, -0.25) is 0 Å². The van der Waals surface area contributed by atoms with Gasteiger partial charge in [0.1, 0.15) is 0 Å². The number of hydrogen-bond acceptors (Lipinski definition) is 2. The van der Waals surface area contributed by atoms with Gasteiger partial charge in [0.2, 0.25) is 0 Å². The molecule has 1 rings (SSSR count). The van der Waals surface area contributed by atoms with Crippen molar-refractivity contribution in [1.29, 1.82) is 0 Å². The van der Waals surface area contributed by atoms with Crippen LogP contribution in [-0.2, 0) is 0 Å². The summed E-state index contributed by atoms with van der Waals surface area (Å²) in [5, 5.41) is 17.8. The molecular weight excluding hydrogens is 128 g/mol. The van der Waals surface area contributed by atoms with E-state index in [1.54, 1.807) is 0 Å². The summed E-state index contributed by atoms with van der Waals surface area (Å²) in [7, 11) is 0. The van der Waals surface area contributed by atoms with E-state index < -0.39 is 6.10 Å². The first-order chi connectivity index (χ1) is 4.74. The first-order valence-electron chi connectivity index (χ1n) is 3.69. The normalized spacial score (nSPS) is 29.0. The highest BCUT2D eigenvalue weighted by atomic mass is 16.3. The number of allylic oxidation sites excluding steroid dienone is 1. The summed E-state index contributed by atoms with van der Waals surface area (Å²) in [5.41, 5.74) is 1.21. The zero-order chi connectivity index (χ0) is 7.56. The Hall–Kier alpha value is -0.340. The van der Waals surface area contributed by atoms with E-state index in [-0.39, 0.29) is 12.5 Å². The molecule has 58 valence electrons. The molecule has 2 N–H and O–H groups in total. The molecular formula is C8H14O2. The maximum absolute atomic E-state index is 9.18. The van der Waals surface area contributed by atoms with Crippen LogP contribution in [0, 0.1) is 5.92 Å². The number of hydrogen-bond donors (Lipinski definition) is 2. The predicted molar refractivity (Wildman–Crippen MR) is 39.6 cm³/mol. The Morgan fingerprint density at radius 3 is 2.80 bits per heavy atom. The lowest BCUT2D eigenvalue weighted by Gasteiger charge is -2.13. The highest BCUT2D eigenvalue weighted by Crippen LogP contribution is 2.30. The van der Waals surface area contributed by atoms with Crippen LogP contribution in [0.3, 0.4) is 0 Å². The van der Waals surface area contributed by atoms with E-state index in [9.17, 15) is 5.11 Å². The van der Waals surface area contributed by atoms with Crippen LogP contribution in [0.15, 0.2) is 12.2 Å². The van der Waals surface area contributed by atoms with Gasteiger partial charge < -0.3 is 10.2 Å². The van der Waals surface area contributed by atoms with Gasteiger partial charge in [-0.25, -0.2) is 0 Å². The van der Waals surface area contributed by atoms with Crippen LogP contribution in [0.1, 0.15) is 19.3 Å². The van der Waals surface area contributed by atoms with Crippen molar-refractivity contribution in [1.82, 2.24) is 0 Å². The van der Waals surface area contributed by atoms with Crippen molar-refractivity contribution in [3.63, 3.8) is 0 Å². The van der Waals surface area contributed by atoms with Gasteiger partial charge in [0.25, 0.3) is 0 Å². The van der Waals surface area contributed by atoms with Gasteiger partial charge in [-0.15, -0.1) is 0 Å². The molecule has 0 aromatic heterocycles. The number of rotatable bonds is 2. The van der Waals surface area contributed by atoms with Crippen molar-refractivity contribution in [2.75, 3.05) is 6.61 Å². The van der Waals surface area contributed by atoms with E-state index in [1.165, 1.54) is 5.57 Å². The lowest BCUT2D eigenvalue weighted by Crippen LogP contribution is -2.21. The smallest absolute Gasteiger partial charge is 0.0802 e. The van der Waals surface area contributed by atoms with Crippen LogP contribution >= 0.6 is 0 Å². The minimum atomic E-state index is -0.528. The standard InChI is InChI=1S/C8H14O2/c1-6-2-3-7(4-6)8(10)5-9/h7-10H,1-5H2/t7-,8+/m0/s1. The third-order valence-electron chi connectivity index (χ3n) is 2.15. The Kier molecular flexibility index (Phi) is 2.46. The SMILES string of the molecule is C=C1CC[C@H]([C@H](O)CO)C1. The van der Waals surface area contributed by atoms with E-state index in [1.807, 2.05) is 0 Å². The molecule has 0 aliphatic heterocycles. The summed E-state index contributed by atoms with van der Waals surface area (Å²) in [6.07, 6.45) is 2.36. The maximum atomic E-state index is 9.18. The van der Waals surface area contributed by atoms with Crippen molar-refractivity contribution in [2.24, 2.45) is 5.92 Å². The van der Waals surface area contributed by atoms with E-state index in [0.29, 0.717) is 0 Å². The van der Waals surface area contributed by atoms with Crippen LogP contribution in [0.4, 0.5) is 0 Å². The largest absolute Gasteiger partial charge is 0.394 e. The molecule has 1 fully saturated rings. The van der Waals surface area contributed by atoms with E-state index in [2.05, 4.69) is 6.58 Å². The minimum Gasteiger partial charge on any atom is -0.394 e. The Bertz CT molecular complexity index is 131. The van der Waals surface area contributed by atoms with E-state index in [0.717, 1.165) is 19.3 Å². The molecule has 1 aliphatic rings. The van der Waals surface area contributed by atoms with Crippen LogP contribution in [0.25, 0.3) is 0 Å². The van der Waals surface area contributed by atoms with Gasteiger partial charge in [0, 0.05) is 0 Å². The summed E-state index contributed by atoms with van der Waals surface area (Å²) < 4.78 is 0. The predicted octanol–water partition coefficient (Wildman–Crippen LogP) is 0.696. The second-order valence-corrected chi connectivity index (χ2v) is 3.00. The van der Waals surface area contributed by atoms with Gasteiger partial charge >= 0.3 is 0 Å². The average Bonchev–Trinajstić information content (AvgIpc) is 2.34. The Balaban J connectivity index is 2.36. The van der Waals surface area contributed by atoms with E-state index >= 15 is 0 Å². The Morgan fingerprint density at radius 1 is 1.70 bits per heavy atom. The molecule has 0 aromatic rings.